The van der Waals surface area contributed by atoms with Gasteiger partial charge < -0.3 is 4.74 Å². The highest BCUT2D eigenvalue weighted by atomic mass is 32.2. The van der Waals surface area contributed by atoms with Crippen molar-refractivity contribution >= 4 is 34.1 Å². The van der Waals surface area contributed by atoms with Crippen molar-refractivity contribution in [1.29, 1.82) is 0 Å². The second-order valence-electron chi connectivity index (χ2n) is 6.25. The van der Waals surface area contributed by atoms with E-state index in [1.165, 1.54) is 34.7 Å². The molecule has 0 aliphatic rings. The van der Waals surface area contributed by atoms with Crippen LogP contribution in [-0.4, -0.2) is 22.2 Å². The normalized spacial score (nSPS) is 11.9. The van der Waals surface area contributed by atoms with Gasteiger partial charge in [0.05, 0.1) is 0 Å². The largest absolute Gasteiger partial charge is 0.481 e. The number of rotatable bonds is 7. The Labute approximate surface area is 171 Å². The van der Waals surface area contributed by atoms with Gasteiger partial charge in [0.15, 0.2) is 10.4 Å². The Hall–Kier alpha value is -2.45. The van der Waals surface area contributed by atoms with E-state index in [1.807, 2.05) is 32.0 Å². The SMILES string of the molecule is Cc1ccc(OC(C)C(=O)Nc2nnc(SCc3ccccc3F)s2)cc1C. The molecule has 28 heavy (non-hydrogen) atoms. The highest BCUT2D eigenvalue weighted by Crippen LogP contribution is 2.29. The van der Waals surface area contributed by atoms with Gasteiger partial charge in [-0.15, -0.1) is 10.2 Å². The maximum Gasteiger partial charge on any atom is 0.266 e. The van der Waals surface area contributed by atoms with E-state index in [1.54, 1.807) is 25.1 Å². The maximum atomic E-state index is 13.7. The van der Waals surface area contributed by atoms with Crippen molar-refractivity contribution in [1.82, 2.24) is 10.2 Å². The Bertz CT molecular complexity index is 978. The van der Waals surface area contributed by atoms with Crippen molar-refractivity contribution < 1.29 is 13.9 Å². The molecule has 1 atom stereocenters. The molecule has 8 heteroatoms. The Morgan fingerprint density at radius 2 is 2.00 bits per heavy atom. The van der Waals surface area contributed by atoms with Crippen LogP contribution in [0.15, 0.2) is 46.8 Å². The van der Waals surface area contributed by atoms with E-state index in [4.69, 9.17) is 4.74 Å². The molecule has 3 rings (SSSR count). The molecule has 0 saturated heterocycles. The molecule has 1 amide bonds. The zero-order chi connectivity index (χ0) is 20.1. The first-order valence-electron chi connectivity index (χ1n) is 8.67. The van der Waals surface area contributed by atoms with Gasteiger partial charge in [0, 0.05) is 5.75 Å². The predicted molar refractivity (Wildman–Crippen MR) is 111 cm³/mol. The van der Waals surface area contributed by atoms with Gasteiger partial charge >= 0.3 is 0 Å². The van der Waals surface area contributed by atoms with Gasteiger partial charge in [-0.25, -0.2) is 4.39 Å². The van der Waals surface area contributed by atoms with Crippen LogP contribution in [0.1, 0.15) is 23.6 Å². The molecule has 3 aromatic rings. The van der Waals surface area contributed by atoms with Crippen molar-refractivity contribution in [2.45, 2.75) is 37.0 Å². The minimum atomic E-state index is -0.680. The molecule has 5 nitrogen and oxygen atoms in total. The van der Waals surface area contributed by atoms with Crippen LogP contribution in [0.2, 0.25) is 0 Å². The van der Waals surface area contributed by atoms with E-state index >= 15 is 0 Å². The summed E-state index contributed by atoms with van der Waals surface area (Å²) < 4.78 is 20.0. The number of halogens is 1. The summed E-state index contributed by atoms with van der Waals surface area (Å²) >= 11 is 2.62. The molecule has 1 heterocycles. The topological polar surface area (TPSA) is 64.1 Å². The summed E-state index contributed by atoms with van der Waals surface area (Å²) in [4.78, 5) is 12.3. The summed E-state index contributed by atoms with van der Waals surface area (Å²) in [6.07, 6.45) is -0.680. The van der Waals surface area contributed by atoms with Crippen LogP contribution in [0.5, 0.6) is 5.75 Å². The lowest BCUT2D eigenvalue weighted by Gasteiger charge is -2.14. The fourth-order valence-electron chi connectivity index (χ4n) is 2.33. The lowest BCUT2D eigenvalue weighted by atomic mass is 10.1. The summed E-state index contributed by atoms with van der Waals surface area (Å²) in [5.41, 5.74) is 2.87. The number of carbonyl (C=O) groups excluding carboxylic acids is 1. The smallest absolute Gasteiger partial charge is 0.266 e. The van der Waals surface area contributed by atoms with E-state index in [-0.39, 0.29) is 11.7 Å². The monoisotopic (exact) mass is 417 g/mol. The molecule has 0 spiro atoms. The molecule has 0 bridgehead atoms. The molecular formula is C20H20FN3O2S2. The number of hydrogen-bond donors (Lipinski definition) is 1. The van der Waals surface area contributed by atoms with Crippen LogP contribution < -0.4 is 10.1 Å². The van der Waals surface area contributed by atoms with Gasteiger partial charge in [-0.05, 0) is 55.7 Å². The third-order valence-electron chi connectivity index (χ3n) is 4.11. The van der Waals surface area contributed by atoms with Crippen LogP contribution in [0.3, 0.4) is 0 Å². The van der Waals surface area contributed by atoms with E-state index in [0.717, 1.165) is 5.56 Å². The minimum absolute atomic E-state index is 0.245. The first-order chi connectivity index (χ1) is 13.4. The highest BCUT2D eigenvalue weighted by Gasteiger charge is 2.17. The van der Waals surface area contributed by atoms with Crippen LogP contribution in [-0.2, 0) is 10.5 Å². The molecule has 0 aliphatic heterocycles. The van der Waals surface area contributed by atoms with Gasteiger partial charge in [0.25, 0.3) is 5.91 Å². The fourth-order valence-corrected chi connectivity index (χ4v) is 4.07. The molecule has 2 aromatic carbocycles. The average molecular weight is 418 g/mol. The van der Waals surface area contributed by atoms with E-state index < -0.39 is 6.10 Å². The van der Waals surface area contributed by atoms with Crippen molar-refractivity contribution in [2.24, 2.45) is 0 Å². The predicted octanol–water partition coefficient (Wildman–Crippen LogP) is 4.99. The molecular weight excluding hydrogens is 397 g/mol. The summed E-state index contributed by atoms with van der Waals surface area (Å²) in [6.45, 7) is 5.70. The lowest BCUT2D eigenvalue weighted by Crippen LogP contribution is -2.30. The number of anilines is 1. The van der Waals surface area contributed by atoms with Crippen LogP contribution in [0.4, 0.5) is 9.52 Å². The van der Waals surface area contributed by atoms with Gasteiger partial charge in [-0.3, -0.25) is 10.1 Å². The zero-order valence-electron chi connectivity index (χ0n) is 15.7. The zero-order valence-corrected chi connectivity index (χ0v) is 17.4. The Morgan fingerprint density at radius 1 is 1.21 bits per heavy atom. The Kier molecular flexibility index (Phi) is 6.64. The number of aryl methyl sites for hydroxylation is 2. The third-order valence-corrected chi connectivity index (χ3v) is 6.13. The number of aromatic nitrogens is 2. The average Bonchev–Trinajstić information content (AvgIpc) is 3.11. The van der Waals surface area contributed by atoms with E-state index in [2.05, 4.69) is 15.5 Å². The number of thioether (sulfide) groups is 1. The van der Waals surface area contributed by atoms with Crippen LogP contribution in [0.25, 0.3) is 0 Å². The molecule has 1 aromatic heterocycles. The van der Waals surface area contributed by atoms with Crippen molar-refractivity contribution in [2.75, 3.05) is 5.32 Å². The summed E-state index contributed by atoms with van der Waals surface area (Å²) in [6, 6.07) is 12.3. The van der Waals surface area contributed by atoms with Crippen molar-refractivity contribution in [3.63, 3.8) is 0 Å². The standard InChI is InChI=1S/C20H20FN3O2S2/c1-12-8-9-16(10-13(12)2)26-14(3)18(25)22-19-23-24-20(28-19)27-11-15-6-4-5-7-17(15)21/h4-10,14H,11H2,1-3H3,(H,22,23,25). The lowest BCUT2D eigenvalue weighted by molar-refractivity contribution is -0.122. The second-order valence-corrected chi connectivity index (χ2v) is 8.45. The first kappa shape index (κ1) is 20.3. The molecule has 0 radical (unpaired) electrons. The number of benzene rings is 2. The number of ether oxygens (including phenoxy) is 1. The maximum absolute atomic E-state index is 13.7. The van der Waals surface area contributed by atoms with Crippen molar-refractivity contribution in [3.05, 3.63) is 65.0 Å². The third kappa shape index (κ3) is 5.30. The summed E-state index contributed by atoms with van der Waals surface area (Å²) in [5, 5.41) is 11.1. The second kappa shape index (κ2) is 9.16. The van der Waals surface area contributed by atoms with Gasteiger partial charge in [0.2, 0.25) is 5.13 Å². The van der Waals surface area contributed by atoms with E-state index in [0.29, 0.717) is 26.5 Å². The molecule has 0 saturated carbocycles. The van der Waals surface area contributed by atoms with Crippen molar-refractivity contribution in [3.8, 4) is 5.75 Å². The number of nitrogens with one attached hydrogen (secondary N) is 1. The molecule has 1 N–H and O–H groups in total. The Morgan fingerprint density at radius 3 is 2.75 bits per heavy atom. The minimum Gasteiger partial charge on any atom is -0.481 e. The van der Waals surface area contributed by atoms with Gasteiger partial charge in [0.1, 0.15) is 11.6 Å². The highest BCUT2D eigenvalue weighted by molar-refractivity contribution is 8.00. The number of nitrogens with zero attached hydrogens (tertiary/aromatic N) is 2. The fraction of sp³-hybridized carbons (Fsp3) is 0.250. The number of carbonyl (C=O) groups is 1. The van der Waals surface area contributed by atoms with Gasteiger partial charge in [-0.1, -0.05) is 47.4 Å². The first-order valence-corrected chi connectivity index (χ1v) is 10.5. The quantitative estimate of drug-likeness (QED) is 0.433. The molecule has 1 unspecified atom stereocenters. The number of amides is 1. The molecule has 0 aliphatic carbocycles. The van der Waals surface area contributed by atoms with Crippen LogP contribution in [0, 0.1) is 19.7 Å². The Balaban J connectivity index is 1.54. The van der Waals surface area contributed by atoms with Gasteiger partial charge in [-0.2, -0.15) is 0 Å². The van der Waals surface area contributed by atoms with E-state index in [9.17, 15) is 9.18 Å². The molecule has 0 fully saturated rings. The summed E-state index contributed by atoms with van der Waals surface area (Å²) in [7, 11) is 0. The number of hydrogen-bond acceptors (Lipinski definition) is 6. The van der Waals surface area contributed by atoms with Crippen LogP contribution >= 0.6 is 23.1 Å². The molecule has 146 valence electrons. The summed E-state index contributed by atoms with van der Waals surface area (Å²) in [5.74, 6) is 0.538.